The third-order valence-corrected chi connectivity index (χ3v) is 4.39. The number of hydrogen-bond donors (Lipinski definition) is 1. The number of carbonyl (C=O) groups is 1. The van der Waals surface area contributed by atoms with Gasteiger partial charge in [0.25, 0.3) is 0 Å². The molecule has 3 heteroatoms. The molecule has 0 atom stereocenters. The summed E-state index contributed by atoms with van der Waals surface area (Å²) in [6, 6.07) is 27.2. The maximum atomic E-state index is 13.4. The summed E-state index contributed by atoms with van der Waals surface area (Å²) in [5.41, 5.74) is 3.16. The lowest BCUT2D eigenvalue weighted by molar-refractivity contribution is 0.103. The first-order valence-corrected chi connectivity index (χ1v) is 8.87. The minimum absolute atomic E-state index is 0.0998. The van der Waals surface area contributed by atoms with Crippen LogP contribution in [0.4, 0.5) is 0 Å². The summed E-state index contributed by atoms with van der Waals surface area (Å²) < 4.78 is 0. The Morgan fingerprint density at radius 1 is 0.821 bits per heavy atom. The summed E-state index contributed by atoms with van der Waals surface area (Å²) in [5, 5.41) is 20.4. The molecule has 0 fully saturated rings. The number of carbonyl (C=O) groups excluding carboxylic acids is 1. The lowest BCUT2D eigenvalue weighted by atomic mass is 9.89. The normalized spacial score (nSPS) is 12.1. The smallest absolute Gasteiger partial charge is 0.197 e. The molecule has 0 amide bonds. The van der Waals surface area contributed by atoms with E-state index in [-0.39, 0.29) is 17.1 Å². The van der Waals surface area contributed by atoms with E-state index in [9.17, 15) is 15.2 Å². The van der Waals surface area contributed by atoms with E-state index in [1.54, 1.807) is 36.4 Å². The Labute approximate surface area is 164 Å². The van der Waals surface area contributed by atoms with Crippen LogP contribution in [0, 0.1) is 18.3 Å². The van der Waals surface area contributed by atoms with Crippen molar-refractivity contribution in [1.82, 2.24) is 0 Å². The van der Waals surface area contributed by atoms with Gasteiger partial charge in [-0.3, -0.25) is 4.79 Å². The summed E-state index contributed by atoms with van der Waals surface area (Å²) in [6.45, 7) is 1.94. The van der Waals surface area contributed by atoms with E-state index >= 15 is 0 Å². The van der Waals surface area contributed by atoms with E-state index in [0.717, 1.165) is 5.56 Å². The van der Waals surface area contributed by atoms with Gasteiger partial charge in [0.2, 0.25) is 0 Å². The van der Waals surface area contributed by atoms with Crippen LogP contribution < -0.4 is 0 Å². The lowest BCUT2D eigenvalue weighted by Gasteiger charge is -2.14. The number of allylic oxidation sites excluding steroid dienone is 3. The molecule has 1 N–H and O–H groups in total. The van der Waals surface area contributed by atoms with Crippen molar-refractivity contribution >= 4 is 17.1 Å². The van der Waals surface area contributed by atoms with Crippen LogP contribution in [-0.2, 0) is 0 Å². The Morgan fingerprint density at radius 2 is 1.36 bits per heavy atom. The van der Waals surface area contributed by atoms with Gasteiger partial charge in [0, 0.05) is 22.8 Å². The van der Waals surface area contributed by atoms with Crippen LogP contribution in [0.15, 0.2) is 96.6 Å². The van der Waals surface area contributed by atoms with Gasteiger partial charge in [-0.25, -0.2) is 0 Å². The number of rotatable bonds is 5. The second-order valence-corrected chi connectivity index (χ2v) is 6.34. The van der Waals surface area contributed by atoms with Crippen molar-refractivity contribution in [2.75, 3.05) is 0 Å². The molecule has 3 aromatic carbocycles. The van der Waals surface area contributed by atoms with E-state index in [2.05, 4.69) is 0 Å². The number of aliphatic hydroxyl groups is 1. The van der Waals surface area contributed by atoms with Gasteiger partial charge in [-0.15, -0.1) is 0 Å². The number of nitriles is 1. The van der Waals surface area contributed by atoms with Gasteiger partial charge in [0.05, 0.1) is 11.6 Å². The Bertz CT molecular complexity index is 1070. The summed E-state index contributed by atoms with van der Waals surface area (Å²) in [5.74, 6) is -0.497. The molecule has 3 nitrogen and oxygen atoms in total. The monoisotopic (exact) mass is 365 g/mol. The number of hydrogen-bond acceptors (Lipinski definition) is 3. The highest BCUT2D eigenvalue weighted by molar-refractivity contribution is 6.22. The second kappa shape index (κ2) is 8.66. The lowest BCUT2D eigenvalue weighted by Crippen LogP contribution is -2.09. The van der Waals surface area contributed by atoms with E-state index in [0.29, 0.717) is 22.3 Å². The minimum Gasteiger partial charge on any atom is -0.507 e. The Balaban J connectivity index is 2.25. The van der Waals surface area contributed by atoms with Gasteiger partial charge < -0.3 is 5.11 Å². The standard InChI is InChI=1S/C25H19NO2/c1-18-12-14-21(15-13-18)25(28)23(24(27)20-10-6-3-7-11-20)22(16-17-26)19-8-4-2-5-9-19/h2-16,27H,1H3/b22-16-,24-23-. The largest absolute Gasteiger partial charge is 0.507 e. The summed E-state index contributed by atoms with van der Waals surface area (Å²) in [4.78, 5) is 13.4. The van der Waals surface area contributed by atoms with Crippen LogP contribution in [0.2, 0.25) is 0 Å². The Kier molecular flexibility index (Phi) is 5.84. The van der Waals surface area contributed by atoms with Crippen molar-refractivity contribution in [2.24, 2.45) is 0 Å². The molecule has 0 saturated heterocycles. The molecule has 0 saturated carbocycles. The first-order valence-electron chi connectivity index (χ1n) is 8.87. The topological polar surface area (TPSA) is 61.1 Å². The summed E-state index contributed by atoms with van der Waals surface area (Å²) in [7, 11) is 0. The molecule has 28 heavy (non-hydrogen) atoms. The number of ketones is 1. The molecule has 0 aliphatic rings. The van der Waals surface area contributed by atoms with Crippen LogP contribution in [0.25, 0.3) is 11.3 Å². The van der Waals surface area contributed by atoms with Crippen LogP contribution in [0.1, 0.15) is 27.0 Å². The van der Waals surface area contributed by atoms with Gasteiger partial charge in [0.15, 0.2) is 5.78 Å². The van der Waals surface area contributed by atoms with Crippen LogP contribution in [-0.4, -0.2) is 10.9 Å². The fraction of sp³-hybridized carbons (Fsp3) is 0.0400. The molecule has 136 valence electrons. The predicted octanol–water partition coefficient (Wildman–Crippen LogP) is 5.75. The van der Waals surface area contributed by atoms with Gasteiger partial charge >= 0.3 is 0 Å². The second-order valence-electron chi connectivity index (χ2n) is 6.34. The van der Waals surface area contributed by atoms with Gasteiger partial charge in [-0.1, -0.05) is 90.5 Å². The molecule has 3 rings (SSSR count). The Hall–Kier alpha value is -3.90. The number of nitrogens with zero attached hydrogens (tertiary/aromatic N) is 1. The first-order chi connectivity index (χ1) is 13.6. The van der Waals surface area contributed by atoms with Crippen LogP contribution >= 0.6 is 0 Å². The van der Waals surface area contributed by atoms with E-state index in [1.165, 1.54) is 6.08 Å². The van der Waals surface area contributed by atoms with Crippen LogP contribution in [0.5, 0.6) is 0 Å². The van der Waals surface area contributed by atoms with Crippen molar-refractivity contribution in [3.63, 3.8) is 0 Å². The molecule has 0 bridgehead atoms. The average molecular weight is 365 g/mol. The quantitative estimate of drug-likeness (QED) is 0.206. The molecule has 0 spiro atoms. The SMILES string of the molecule is Cc1ccc(C(=O)C(/C(=C\C#N)c2ccccc2)=C(\O)c2ccccc2)cc1. The van der Waals surface area contributed by atoms with Gasteiger partial charge in [-0.05, 0) is 12.5 Å². The first kappa shape index (κ1) is 18.9. The van der Waals surface area contributed by atoms with Crippen molar-refractivity contribution in [3.05, 3.63) is 119 Å². The number of aliphatic hydroxyl groups excluding tert-OH is 1. The molecule has 0 radical (unpaired) electrons. The molecule has 0 aliphatic heterocycles. The molecule has 0 aromatic heterocycles. The molecular weight excluding hydrogens is 346 g/mol. The van der Waals surface area contributed by atoms with Gasteiger partial charge in [-0.2, -0.15) is 5.26 Å². The molecular formula is C25H19NO2. The fourth-order valence-electron chi connectivity index (χ4n) is 2.93. The van der Waals surface area contributed by atoms with Crippen molar-refractivity contribution < 1.29 is 9.90 Å². The number of Topliss-reactive ketones (excluding diaryl/α,β-unsaturated/α-hetero) is 1. The highest BCUT2D eigenvalue weighted by atomic mass is 16.3. The minimum atomic E-state index is -0.341. The van der Waals surface area contributed by atoms with Crippen molar-refractivity contribution in [2.45, 2.75) is 6.92 Å². The molecule has 0 heterocycles. The predicted molar refractivity (Wildman–Crippen MR) is 112 cm³/mol. The number of aryl methyl sites for hydroxylation is 1. The third kappa shape index (κ3) is 4.08. The highest BCUT2D eigenvalue weighted by Crippen LogP contribution is 2.31. The maximum absolute atomic E-state index is 13.4. The van der Waals surface area contributed by atoms with Crippen LogP contribution in [0.3, 0.4) is 0 Å². The highest BCUT2D eigenvalue weighted by Gasteiger charge is 2.23. The van der Waals surface area contributed by atoms with Gasteiger partial charge in [0.1, 0.15) is 5.76 Å². The maximum Gasteiger partial charge on any atom is 0.197 e. The number of benzene rings is 3. The Morgan fingerprint density at radius 3 is 1.89 bits per heavy atom. The average Bonchev–Trinajstić information content (AvgIpc) is 2.75. The molecule has 3 aromatic rings. The zero-order valence-electron chi connectivity index (χ0n) is 15.5. The molecule has 0 unspecified atom stereocenters. The van der Waals surface area contributed by atoms with Crippen molar-refractivity contribution in [1.29, 1.82) is 5.26 Å². The zero-order valence-corrected chi connectivity index (χ0v) is 15.5. The third-order valence-electron chi connectivity index (χ3n) is 4.39. The molecule has 0 aliphatic carbocycles. The van der Waals surface area contributed by atoms with E-state index in [1.807, 2.05) is 61.5 Å². The van der Waals surface area contributed by atoms with E-state index in [4.69, 9.17) is 0 Å². The fourth-order valence-corrected chi connectivity index (χ4v) is 2.93. The van der Waals surface area contributed by atoms with Crippen molar-refractivity contribution in [3.8, 4) is 6.07 Å². The zero-order chi connectivity index (χ0) is 19.9. The summed E-state index contributed by atoms with van der Waals surface area (Å²) >= 11 is 0. The van der Waals surface area contributed by atoms with E-state index < -0.39 is 0 Å². The summed E-state index contributed by atoms with van der Waals surface area (Å²) in [6.07, 6.45) is 1.30.